The van der Waals surface area contributed by atoms with Gasteiger partial charge in [-0.2, -0.15) is 0 Å². The second-order valence-electron chi connectivity index (χ2n) is 3.29. The highest BCUT2D eigenvalue weighted by Gasteiger charge is 2.68. The molecule has 0 heterocycles. The SMILES string of the molecule is CNC1C(C)C12CC2. The smallest absolute Gasteiger partial charge is 0.0155 e. The first-order valence-electron chi connectivity index (χ1n) is 3.48. The zero-order valence-electron chi connectivity index (χ0n) is 5.57. The molecule has 2 saturated carbocycles. The predicted octanol–water partition coefficient (Wildman–Crippen LogP) is 1.00. The first-order chi connectivity index (χ1) is 3.81. The largest absolute Gasteiger partial charge is 0.316 e. The molecule has 1 spiro atoms. The molecule has 0 saturated heterocycles. The summed E-state index contributed by atoms with van der Waals surface area (Å²) >= 11 is 0. The summed E-state index contributed by atoms with van der Waals surface area (Å²) in [5.41, 5.74) is 0.814. The van der Waals surface area contributed by atoms with E-state index < -0.39 is 0 Å². The van der Waals surface area contributed by atoms with Crippen LogP contribution in [0.4, 0.5) is 0 Å². The van der Waals surface area contributed by atoms with E-state index in [-0.39, 0.29) is 0 Å². The molecule has 0 amide bonds. The van der Waals surface area contributed by atoms with E-state index in [9.17, 15) is 0 Å². The maximum absolute atomic E-state index is 3.34. The van der Waals surface area contributed by atoms with Crippen LogP contribution in [0.2, 0.25) is 0 Å². The van der Waals surface area contributed by atoms with Gasteiger partial charge < -0.3 is 5.32 Å². The Bertz CT molecular complexity index is 116. The Morgan fingerprint density at radius 2 is 2.12 bits per heavy atom. The molecule has 2 fully saturated rings. The van der Waals surface area contributed by atoms with E-state index >= 15 is 0 Å². The van der Waals surface area contributed by atoms with Crippen LogP contribution in [0.3, 0.4) is 0 Å². The van der Waals surface area contributed by atoms with Gasteiger partial charge in [0.2, 0.25) is 0 Å². The van der Waals surface area contributed by atoms with Crippen molar-refractivity contribution >= 4 is 0 Å². The first-order valence-corrected chi connectivity index (χ1v) is 3.48. The van der Waals surface area contributed by atoms with Gasteiger partial charge in [0.25, 0.3) is 0 Å². The van der Waals surface area contributed by atoms with Gasteiger partial charge in [-0.15, -0.1) is 0 Å². The van der Waals surface area contributed by atoms with Crippen LogP contribution >= 0.6 is 0 Å². The fourth-order valence-corrected chi connectivity index (χ4v) is 2.15. The van der Waals surface area contributed by atoms with E-state index in [2.05, 4.69) is 19.3 Å². The van der Waals surface area contributed by atoms with Crippen molar-refractivity contribution in [2.45, 2.75) is 25.8 Å². The fraction of sp³-hybridized carbons (Fsp3) is 1.00. The number of nitrogens with one attached hydrogen (secondary N) is 1. The molecule has 0 aromatic rings. The molecule has 2 aliphatic rings. The average molecular weight is 111 g/mol. The van der Waals surface area contributed by atoms with Crippen molar-refractivity contribution < 1.29 is 0 Å². The molecule has 2 unspecified atom stereocenters. The van der Waals surface area contributed by atoms with Crippen LogP contribution in [-0.2, 0) is 0 Å². The average Bonchev–Trinajstić information content (AvgIpc) is 2.57. The third-order valence-electron chi connectivity index (χ3n) is 3.06. The standard InChI is InChI=1S/C7H13N/c1-5-6(8-2)7(5)3-4-7/h5-6,8H,3-4H2,1-2H3. The predicted molar refractivity (Wildman–Crippen MR) is 33.7 cm³/mol. The van der Waals surface area contributed by atoms with Crippen LogP contribution in [0.25, 0.3) is 0 Å². The summed E-state index contributed by atoms with van der Waals surface area (Å²) in [6.45, 7) is 2.36. The Kier molecular flexibility index (Phi) is 0.663. The Morgan fingerprint density at radius 1 is 1.50 bits per heavy atom. The molecule has 0 aromatic carbocycles. The second-order valence-corrected chi connectivity index (χ2v) is 3.29. The van der Waals surface area contributed by atoms with Crippen molar-refractivity contribution in [1.82, 2.24) is 5.32 Å². The maximum Gasteiger partial charge on any atom is 0.0155 e. The summed E-state index contributed by atoms with van der Waals surface area (Å²) in [6, 6.07) is 0.877. The van der Waals surface area contributed by atoms with Gasteiger partial charge in [-0.1, -0.05) is 6.92 Å². The normalized spacial score (nSPS) is 47.2. The third kappa shape index (κ3) is 0.334. The van der Waals surface area contributed by atoms with Crippen LogP contribution < -0.4 is 5.32 Å². The van der Waals surface area contributed by atoms with Crippen molar-refractivity contribution in [3.63, 3.8) is 0 Å². The van der Waals surface area contributed by atoms with E-state index in [1.165, 1.54) is 12.8 Å². The molecule has 1 N–H and O–H groups in total. The van der Waals surface area contributed by atoms with Gasteiger partial charge in [0, 0.05) is 6.04 Å². The molecule has 46 valence electrons. The lowest BCUT2D eigenvalue weighted by Gasteiger charge is -1.87. The molecule has 0 radical (unpaired) electrons. The van der Waals surface area contributed by atoms with E-state index in [4.69, 9.17) is 0 Å². The third-order valence-corrected chi connectivity index (χ3v) is 3.06. The van der Waals surface area contributed by atoms with Crippen molar-refractivity contribution in [3.8, 4) is 0 Å². The minimum absolute atomic E-state index is 0.814. The lowest BCUT2D eigenvalue weighted by Crippen LogP contribution is -2.11. The molecule has 2 rings (SSSR count). The summed E-state index contributed by atoms with van der Waals surface area (Å²) in [6.07, 6.45) is 2.97. The summed E-state index contributed by atoms with van der Waals surface area (Å²) in [4.78, 5) is 0. The molecule has 0 aliphatic heterocycles. The molecular formula is C7H13N. The summed E-state index contributed by atoms with van der Waals surface area (Å²) in [7, 11) is 2.08. The van der Waals surface area contributed by atoms with Gasteiger partial charge in [0.1, 0.15) is 0 Å². The highest BCUT2D eigenvalue weighted by atomic mass is 15.0. The summed E-state index contributed by atoms with van der Waals surface area (Å²) in [5, 5.41) is 3.34. The second kappa shape index (κ2) is 1.10. The lowest BCUT2D eigenvalue weighted by atomic mass is 10.3. The first kappa shape index (κ1) is 4.80. The highest BCUT2D eigenvalue weighted by molar-refractivity contribution is 5.21. The zero-order chi connectivity index (χ0) is 5.78. The van der Waals surface area contributed by atoms with E-state index in [0.717, 1.165) is 17.4 Å². The van der Waals surface area contributed by atoms with Crippen molar-refractivity contribution in [1.29, 1.82) is 0 Å². The molecular weight excluding hydrogens is 98.1 g/mol. The van der Waals surface area contributed by atoms with Gasteiger partial charge in [-0.25, -0.2) is 0 Å². The maximum atomic E-state index is 3.34. The quantitative estimate of drug-likeness (QED) is 0.532. The molecule has 2 aliphatic carbocycles. The van der Waals surface area contributed by atoms with Gasteiger partial charge in [0.05, 0.1) is 0 Å². The molecule has 1 heteroatoms. The van der Waals surface area contributed by atoms with Gasteiger partial charge in [-0.3, -0.25) is 0 Å². The Balaban J connectivity index is 2.04. The lowest BCUT2D eigenvalue weighted by molar-refractivity contribution is 0.711. The van der Waals surface area contributed by atoms with Crippen LogP contribution in [0, 0.1) is 11.3 Å². The Labute approximate surface area is 50.5 Å². The number of hydrogen-bond donors (Lipinski definition) is 1. The van der Waals surface area contributed by atoms with Gasteiger partial charge in [0.15, 0.2) is 0 Å². The van der Waals surface area contributed by atoms with Gasteiger partial charge >= 0.3 is 0 Å². The fourth-order valence-electron chi connectivity index (χ4n) is 2.15. The van der Waals surface area contributed by atoms with E-state index in [1.807, 2.05) is 0 Å². The minimum atomic E-state index is 0.814. The Hall–Kier alpha value is -0.0400. The highest BCUT2D eigenvalue weighted by Crippen LogP contribution is 2.69. The van der Waals surface area contributed by atoms with Crippen LogP contribution in [0.1, 0.15) is 19.8 Å². The van der Waals surface area contributed by atoms with Crippen LogP contribution in [-0.4, -0.2) is 13.1 Å². The van der Waals surface area contributed by atoms with Crippen molar-refractivity contribution in [2.75, 3.05) is 7.05 Å². The zero-order valence-corrected chi connectivity index (χ0v) is 5.57. The molecule has 2 atom stereocenters. The molecule has 8 heavy (non-hydrogen) atoms. The van der Waals surface area contributed by atoms with E-state index in [0.29, 0.717) is 0 Å². The van der Waals surface area contributed by atoms with E-state index in [1.54, 1.807) is 0 Å². The summed E-state index contributed by atoms with van der Waals surface area (Å²) < 4.78 is 0. The van der Waals surface area contributed by atoms with Crippen LogP contribution in [0.5, 0.6) is 0 Å². The van der Waals surface area contributed by atoms with Crippen LogP contribution in [0.15, 0.2) is 0 Å². The summed E-state index contributed by atoms with van der Waals surface area (Å²) in [5.74, 6) is 0.979. The molecule has 0 bridgehead atoms. The minimum Gasteiger partial charge on any atom is -0.316 e. The molecule has 1 nitrogen and oxygen atoms in total. The number of hydrogen-bond acceptors (Lipinski definition) is 1. The van der Waals surface area contributed by atoms with Crippen molar-refractivity contribution in [3.05, 3.63) is 0 Å². The number of rotatable bonds is 1. The van der Waals surface area contributed by atoms with Gasteiger partial charge in [-0.05, 0) is 31.2 Å². The Morgan fingerprint density at radius 3 is 2.25 bits per heavy atom. The van der Waals surface area contributed by atoms with Crippen molar-refractivity contribution in [2.24, 2.45) is 11.3 Å². The monoisotopic (exact) mass is 111 g/mol. The topological polar surface area (TPSA) is 12.0 Å². The molecule has 0 aromatic heterocycles.